The zero-order valence-electron chi connectivity index (χ0n) is 11.6. The molecule has 0 saturated heterocycles. The van der Waals surface area contributed by atoms with Gasteiger partial charge in [0.15, 0.2) is 5.78 Å². The van der Waals surface area contributed by atoms with Gasteiger partial charge in [0.2, 0.25) is 0 Å². The zero-order valence-corrected chi connectivity index (χ0v) is 13.1. The number of nitrogens with zero attached hydrogens (tertiary/aromatic N) is 1. The van der Waals surface area contributed by atoms with Crippen LogP contribution in [0.1, 0.15) is 21.7 Å². The summed E-state index contributed by atoms with van der Waals surface area (Å²) in [5.74, 6) is 0.0438. The van der Waals surface area contributed by atoms with Gasteiger partial charge in [-0.3, -0.25) is 4.79 Å². The smallest absolute Gasteiger partial charge is 0.183 e. The fourth-order valence-electron chi connectivity index (χ4n) is 2.07. The van der Waals surface area contributed by atoms with E-state index in [1.807, 2.05) is 31.5 Å². The van der Waals surface area contributed by atoms with Gasteiger partial charge in [-0.1, -0.05) is 23.2 Å². The molecule has 0 radical (unpaired) electrons. The van der Waals surface area contributed by atoms with Crippen LogP contribution < -0.4 is 5.32 Å². The van der Waals surface area contributed by atoms with Crippen molar-refractivity contribution in [2.24, 2.45) is 7.05 Å². The van der Waals surface area contributed by atoms with Crippen molar-refractivity contribution in [2.75, 3.05) is 11.9 Å². The van der Waals surface area contributed by atoms with Gasteiger partial charge < -0.3 is 9.88 Å². The van der Waals surface area contributed by atoms with Crippen LogP contribution in [-0.4, -0.2) is 16.9 Å². The molecule has 0 aliphatic carbocycles. The van der Waals surface area contributed by atoms with Gasteiger partial charge in [0, 0.05) is 39.7 Å². The fraction of sp³-hybridized carbons (Fsp3) is 0.267. The normalized spacial score (nSPS) is 10.7. The number of hydrogen-bond donors (Lipinski definition) is 1. The van der Waals surface area contributed by atoms with Gasteiger partial charge >= 0.3 is 0 Å². The summed E-state index contributed by atoms with van der Waals surface area (Å²) in [6.07, 6.45) is 0. The summed E-state index contributed by atoms with van der Waals surface area (Å²) in [4.78, 5) is 12.2. The number of carbonyl (C=O) groups is 1. The maximum Gasteiger partial charge on any atom is 0.183 e. The number of carbonyl (C=O) groups excluding carboxylic acids is 1. The molecule has 0 aliphatic heterocycles. The van der Waals surface area contributed by atoms with Crippen molar-refractivity contribution in [3.8, 4) is 0 Å². The van der Waals surface area contributed by atoms with E-state index in [4.69, 9.17) is 23.2 Å². The van der Waals surface area contributed by atoms with E-state index < -0.39 is 0 Å². The van der Waals surface area contributed by atoms with Crippen molar-refractivity contribution in [1.82, 2.24) is 4.57 Å². The van der Waals surface area contributed by atoms with Crippen LogP contribution in [0.3, 0.4) is 0 Å². The molecule has 106 valence electrons. The Morgan fingerprint density at radius 1 is 1.15 bits per heavy atom. The average molecular weight is 311 g/mol. The third-order valence-electron chi connectivity index (χ3n) is 3.39. The van der Waals surface area contributed by atoms with Gasteiger partial charge in [-0.25, -0.2) is 0 Å². The van der Waals surface area contributed by atoms with Crippen molar-refractivity contribution < 1.29 is 4.79 Å². The highest BCUT2D eigenvalue weighted by atomic mass is 35.5. The SMILES string of the molecule is Cc1cc(C(=O)CNc2cc(Cl)cc(Cl)c2)c(C)n1C. The molecule has 1 aromatic carbocycles. The largest absolute Gasteiger partial charge is 0.377 e. The highest BCUT2D eigenvalue weighted by Crippen LogP contribution is 2.22. The maximum absolute atomic E-state index is 12.2. The summed E-state index contributed by atoms with van der Waals surface area (Å²) in [7, 11) is 1.95. The van der Waals surface area contributed by atoms with Gasteiger partial charge in [0.05, 0.1) is 6.54 Å². The van der Waals surface area contributed by atoms with Crippen LogP contribution >= 0.6 is 23.2 Å². The minimum absolute atomic E-state index is 0.0438. The Bertz CT molecular complexity index is 642. The molecule has 0 unspecified atom stereocenters. The summed E-state index contributed by atoms with van der Waals surface area (Å²) >= 11 is 11.8. The number of nitrogens with one attached hydrogen (secondary N) is 1. The van der Waals surface area contributed by atoms with E-state index in [1.165, 1.54) is 0 Å². The number of halogens is 2. The monoisotopic (exact) mass is 310 g/mol. The number of aryl methyl sites for hydroxylation is 1. The lowest BCUT2D eigenvalue weighted by molar-refractivity contribution is 0.101. The third-order valence-corrected chi connectivity index (χ3v) is 3.83. The van der Waals surface area contributed by atoms with E-state index in [-0.39, 0.29) is 12.3 Å². The first-order valence-corrected chi connectivity index (χ1v) is 7.00. The molecule has 1 aromatic heterocycles. The molecule has 1 heterocycles. The lowest BCUT2D eigenvalue weighted by atomic mass is 10.1. The van der Waals surface area contributed by atoms with Gasteiger partial charge in [0.25, 0.3) is 0 Å². The van der Waals surface area contributed by atoms with Gasteiger partial charge in [-0.2, -0.15) is 0 Å². The summed E-state index contributed by atoms with van der Waals surface area (Å²) in [5, 5.41) is 4.13. The topological polar surface area (TPSA) is 34.0 Å². The number of hydrogen-bond acceptors (Lipinski definition) is 2. The van der Waals surface area contributed by atoms with Crippen LogP contribution in [0.4, 0.5) is 5.69 Å². The van der Waals surface area contributed by atoms with E-state index in [1.54, 1.807) is 18.2 Å². The van der Waals surface area contributed by atoms with Crippen molar-refractivity contribution in [3.63, 3.8) is 0 Å². The van der Waals surface area contributed by atoms with Gasteiger partial charge in [0.1, 0.15) is 0 Å². The molecule has 0 spiro atoms. The Hall–Kier alpha value is -1.45. The molecule has 1 N–H and O–H groups in total. The standard InChI is InChI=1S/C15H16Cl2N2O/c1-9-4-14(10(2)19(9)3)15(20)8-18-13-6-11(16)5-12(17)7-13/h4-7,18H,8H2,1-3H3. The predicted molar refractivity (Wildman–Crippen MR) is 84.2 cm³/mol. The van der Waals surface area contributed by atoms with Gasteiger partial charge in [-0.05, 0) is 38.1 Å². The predicted octanol–water partition coefficient (Wildman–Crippen LogP) is 4.24. The van der Waals surface area contributed by atoms with E-state index in [0.717, 1.165) is 22.6 Å². The first-order valence-electron chi connectivity index (χ1n) is 6.24. The molecule has 0 saturated carbocycles. The van der Waals surface area contributed by atoms with E-state index in [0.29, 0.717) is 10.0 Å². The first kappa shape index (κ1) is 14.9. The first-order chi connectivity index (χ1) is 9.38. The van der Waals surface area contributed by atoms with Crippen molar-refractivity contribution in [1.29, 1.82) is 0 Å². The molecule has 0 aliphatic rings. The van der Waals surface area contributed by atoms with Crippen LogP contribution in [0.5, 0.6) is 0 Å². The minimum Gasteiger partial charge on any atom is -0.377 e. The van der Waals surface area contributed by atoms with Crippen LogP contribution in [0, 0.1) is 13.8 Å². The average Bonchev–Trinajstić information content (AvgIpc) is 2.63. The fourth-order valence-corrected chi connectivity index (χ4v) is 2.60. The number of benzene rings is 1. The van der Waals surface area contributed by atoms with Crippen LogP contribution in [0.15, 0.2) is 24.3 Å². The summed E-state index contributed by atoms with van der Waals surface area (Å²) in [5.41, 5.74) is 3.52. The summed E-state index contributed by atoms with van der Waals surface area (Å²) in [6, 6.07) is 7.04. The number of aromatic nitrogens is 1. The van der Waals surface area contributed by atoms with E-state index >= 15 is 0 Å². The summed E-state index contributed by atoms with van der Waals surface area (Å²) in [6.45, 7) is 4.13. The lowest BCUT2D eigenvalue weighted by Gasteiger charge is -2.07. The van der Waals surface area contributed by atoms with E-state index in [2.05, 4.69) is 5.32 Å². The molecule has 0 bridgehead atoms. The quantitative estimate of drug-likeness (QED) is 0.857. The van der Waals surface area contributed by atoms with Crippen molar-refractivity contribution >= 4 is 34.7 Å². The highest BCUT2D eigenvalue weighted by molar-refractivity contribution is 6.35. The molecule has 3 nitrogen and oxygen atoms in total. The number of Topliss-reactive ketones (excluding diaryl/α,β-unsaturated/α-hetero) is 1. The summed E-state index contributed by atoms with van der Waals surface area (Å²) < 4.78 is 2.00. The Morgan fingerprint density at radius 2 is 1.75 bits per heavy atom. The third kappa shape index (κ3) is 3.17. The second-order valence-electron chi connectivity index (χ2n) is 4.78. The minimum atomic E-state index is 0.0438. The Labute approximate surface area is 128 Å². The van der Waals surface area contributed by atoms with Crippen molar-refractivity contribution in [3.05, 3.63) is 51.3 Å². The van der Waals surface area contributed by atoms with Crippen LogP contribution in [0.25, 0.3) is 0 Å². The Kier molecular flexibility index (Phi) is 4.41. The Balaban J connectivity index is 2.10. The molecule has 2 aromatic rings. The van der Waals surface area contributed by atoms with E-state index in [9.17, 15) is 4.79 Å². The number of anilines is 1. The van der Waals surface area contributed by atoms with Crippen LogP contribution in [-0.2, 0) is 7.05 Å². The molecule has 5 heteroatoms. The molecule has 0 atom stereocenters. The zero-order chi connectivity index (χ0) is 14.9. The molecule has 2 rings (SSSR count). The highest BCUT2D eigenvalue weighted by Gasteiger charge is 2.13. The lowest BCUT2D eigenvalue weighted by Crippen LogP contribution is -2.14. The molecular formula is C15H16Cl2N2O. The molecule has 0 amide bonds. The maximum atomic E-state index is 12.2. The van der Waals surface area contributed by atoms with Crippen LogP contribution in [0.2, 0.25) is 10.0 Å². The molecule has 20 heavy (non-hydrogen) atoms. The second kappa shape index (κ2) is 5.90. The molecular weight excluding hydrogens is 295 g/mol. The number of ketones is 1. The second-order valence-corrected chi connectivity index (χ2v) is 5.65. The van der Waals surface area contributed by atoms with Gasteiger partial charge in [-0.15, -0.1) is 0 Å². The Morgan fingerprint density at radius 3 is 2.25 bits per heavy atom. The van der Waals surface area contributed by atoms with Crippen molar-refractivity contribution in [2.45, 2.75) is 13.8 Å². The molecule has 0 fully saturated rings. The number of rotatable bonds is 4.